The van der Waals surface area contributed by atoms with Crippen LogP contribution in [-0.2, 0) is 0 Å². The fourth-order valence-corrected chi connectivity index (χ4v) is 2.45. The first-order valence-corrected chi connectivity index (χ1v) is 6.45. The van der Waals surface area contributed by atoms with Gasteiger partial charge >= 0.3 is 6.18 Å². The number of carbonyl (C=O) groups is 1. The van der Waals surface area contributed by atoms with E-state index in [0.29, 0.717) is 0 Å². The maximum absolute atomic E-state index is 13.6. The maximum Gasteiger partial charge on any atom is 0.393 e. The first kappa shape index (κ1) is 15.6. The third kappa shape index (κ3) is 3.26. The summed E-state index contributed by atoms with van der Waals surface area (Å²) in [5.41, 5.74) is 1.80. The molecule has 1 aliphatic heterocycles. The summed E-state index contributed by atoms with van der Waals surface area (Å²) in [6.45, 7) is -0.200. The van der Waals surface area contributed by atoms with Crippen LogP contribution in [0.1, 0.15) is 23.2 Å². The summed E-state index contributed by atoms with van der Waals surface area (Å²) < 4.78 is 51.8. The van der Waals surface area contributed by atoms with Crippen LogP contribution in [0.25, 0.3) is 0 Å². The number of nitrogens with zero attached hydrogens (tertiary/aromatic N) is 1. The van der Waals surface area contributed by atoms with E-state index in [9.17, 15) is 22.4 Å². The van der Waals surface area contributed by atoms with Crippen molar-refractivity contribution in [1.29, 1.82) is 0 Å². The summed E-state index contributed by atoms with van der Waals surface area (Å²) >= 11 is 0. The lowest BCUT2D eigenvalue weighted by molar-refractivity contribution is -0.184. The Hall–Kier alpha value is -1.83. The number of rotatable bonds is 2. The molecule has 1 aromatic carbocycles. The number of para-hydroxylation sites is 1. The average Bonchev–Trinajstić information content (AvgIpc) is 2.45. The SMILES string of the molecule is NNc1c(F)cccc1C(=O)N1CCCC(C(F)(F)F)C1. The standard InChI is InChI=1S/C13H15F4N3O/c14-10-5-1-4-9(11(10)19-18)12(21)20-6-2-3-8(7-20)13(15,16)17/h1,4-5,8,19H,2-3,6-7,18H2. The molecule has 1 fully saturated rings. The van der Waals surface area contributed by atoms with E-state index in [-0.39, 0.29) is 30.6 Å². The largest absolute Gasteiger partial charge is 0.393 e. The molecule has 0 aromatic heterocycles. The Morgan fingerprint density at radius 3 is 2.71 bits per heavy atom. The molecule has 8 heteroatoms. The van der Waals surface area contributed by atoms with Gasteiger partial charge in [-0.3, -0.25) is 10.6 Å². The topological polar surface area (TPSA) is 58.4 Å². The Bertz CT molecular complexity index is 533. The molecule has 4 nitrogen and oxygen atoms in total. The van der Waals surface area contributed by atoms with Crippen LogP contribution in [-0.4, -0.2) is 30.1 Å². The normalized spacial score (nSPS) is 19.5. The Morgan fingerprint density at radius 1 is 1.38 bits per heavy atom. The first-order chi connectivity index (χ1) is 9.84. The van der Waals surface area contributed by atoms with E-state index >= 15 is 0 Å². The van der Waals surface area contributed by atoms with Crippen molar-refractivity contribution < 1.29 is 22.4 Å². The van der Waals surface area contributed by atoms with Crippen LogP contribution in [0.15, 0.2) is 18.2 Å². The van der Waals surface area contributed by atoms with Gasteiger partial charge in [-0.15, -0.1) is 0 Å². The van der Waals surface area contributed by atoms with Crippen molar-refractivity contribution >= 4 is 11.6 Å². The van der Waals surface area contributed by atoms with E-state index in [1.54, 1.807) is 0 Å². The zero-order valence-corrected chi connectivity index (χ0v) is 11.1. The number of halogens is 4. The number of nitrogens with one attached hydrogen (secondary N) is 1. The Labute approximate surface area is 118 Å². The number of anilines is 1. The first-order valence-electron chi connectivity index (χ1n) is 6.45. The third-order valence-corrected chi connectivity index (χ3v) is 3.56. The van der Waals surface area contributed by atoms with Gasteiger partial charge < -0.3 is 10.3 Å². The Morgan fingerprint density at radius 2 is 2.10 bits per heavy atom. The fraction of sp³-hybridized carbons (Fsp3) is 0.462. The number of nitrogen functional groups attached to an aromatic ring is 1. The monoisotopic (exact) mass is 305 g/mol. The number of alkyl halides is 3. The highest BCUT2D eigenvalue weighted by molar-refractivity contribution is 5.99. The van der Waals surface area contributed by atoms with Gasteiger partial charge in [0.25, 0.3) is 5.91 Å². The van der Waals surface area contributed by atoms with Gasteiger partial charge in [-0.2, -0.15) is 13.2 Å². The van der Waals surface area contributed by atoms with Crippen molar-refractivity contribution in [3.05, 3.63) is 29.6 Å². The van der Waals surface area contributed by atoms with Crippen molar-refractivity contribution in [3.8, 4) is 0 Å². The third-order valence-electron chi connectivity index (χ3n) is 3.56. The summed E-state index contributed by atoms with van der Waals surface area (Å²) in [5.74, 6) is 2.25. The minimum atomic E-state index is -4.34. The minimum Gasteiger partial charge on any atom is -0.338 e. The average molecular weight is 305 g/mol. The molecule has 116 valence electrons. The van der Waals surface area contributed by atoms with Crippen LogP contribution in [0, 0.1) is 11.7 Å². The zero-order chi connectivity index (χ0) is 15.6. The molecule has 0 spiro atoms. The number of carbonyl (C=O) groups excluding carboxylic acids is 1. The van der Waals surface area contributed by atoms with Crippen molar-refractivity contribution in [2.24, 2.45) is 11.8 Å². The van der Waals surface area contributed by atoms with Crippen LogP contribution in [0.2, 0.25) is 0 Å². The molecule has 2 rings (SSSR count). The summed E-state index contributed by atoms with van der Waals surface area (Å²) in [5, 5.41) is 0. The van der Waals surface area contributed by atoms with Gasteiger partial charge in [-0.25, -0.2) is 4.39 Å². The number of likely N-dealkylation sites (tertiary alicyclic amines) is 1. The van der Waals surface area contributed by atoms with Gasteiger partial charge in [0.05, 0.1) is 17.2 Å². The quantitative estimate of drug-likeness (QED) is 0.501. The van der Waals surface area contributed by atoms with Gasteiger partial charge in [-0.1, -0.05) is 6.07 Å². The van der Waals surface area contributed by atoms with Gasteiger partial charge in [0.2, 0.25) is 0 Å². The molecule has 3 N–H and O–H groups in total. The highest BCUT2D eigenvalue weighted by Gasteiger charge is 2.43. The fourth-order valence-electron chi connectivity index (χ4n) is 2.45. The van der Waals surface area contributed by atoms with Gasteiger partial charge in [0.1, 0.15) is 5.82 Å². The zero-order valence-electron chi connectivity index (χ0n) is 11.1. The minimum absolute atomic E-state index is 0.00156. The van der Waals surface area contributed by atoms with Crippen LogP contribution in [0.3, 0.4) is 0 Å². The molecule has 0 bridgehead atoms. The van der Waals surface area contributed by atoms with Crippen LogP contribution < -0.4 is 11.3 Å². The smallest absolute Gasteiger partial charge is 0.338 e. The van der Waals surface area contributed by atoms with E-state index in [1.807, 2.05) is 0 Å². The Balaban J connectivity index is 2.22. The van der Waals surface area contributed by atoms with Crippen LogP contribution >= 0.6 is 0 Å². The second-order valence-electron chi connectivity index (χ2n) is 4.94. The summed E-state index contributed by atoms with van der Waals surface area (Å²) in [7, 11) is 0. The molecule has 1 aliphatic rings. The summed E-state index contributed by atoms with van der Waals surface area (Å²) in [6, 6.07) is 3.76. The summed E-state index contributed by atoms with van der Waals surface area (Å²) in [4.78, 5) is 13.4. The lowest BCUT2D eigenvalue weighted by Gasteiger charge is -2.34. The lowest BCUT2D eigenvalue weighted by Crippen LogP contribution is -2.44. The predicted molar refractivity (Wildman–Crippen MR) is 68.9 cm³/mol. The van der Waals surface area contributed by atoms with Gasteiger partial charge in [0.15, 0.2) is 0 Å². The molecular formula is C13H15F4N3O. The number of hydrogen-bond acceptors (Lipinski definition) is 3. The summed E-state index contributed by atoms with van der Waals surface area (Å²) in [6.07, 6.45) is -4.08. The van der Waals surface area contributed by atoms with Crippen molar-refractivity contribution in [1.82, 2.24) is 4.90 Å². The van der Waals surface area contributed by atoms with Crippen molar-refractivity contribution in [3.63, 3.8) is 0 Å². The molecule has 1 saturated heterocycles. The number of nitrogens with two attached hydrogens (primary N) is 1. The number of piperidine rings is 1. The molecule has 1 aromatic rings. The predicted octanol–water partition coefficient (Wildman–Crippen LogP) is 2.53. The van der Waals surface area contributed by atoms with Crippen molar-refractivity contribution in [2.45, 2.75) is 19.0 Å². The molecule has 1 heterocycles. The van der Waals surface area contributed by atoms with Crippen LogP contribution in [0.4, 0.5) is 23.2 Å². The van der Waals surface area contributed by atoms with E-state index in [2.05, 4.69) is 5.43 Å². The van der Waals surface area contributed by atoms with Crippen LogP contribution in [0.5, 0.6) is 0 Å². The molecule has 0 saturated carbocycles. The number of amides is 1. The molecule has 1 amide bonds. The second kappa shape index (κ2) is 5.88. The molecule has 0 aliphatic carbocycles. The van der Waals surface area contributed by atoms with Crippen molar-refractivity contribution in [2.75, 3.05) is 18.5 Å². The number of benzene rings is 1. The molecule has 1 atom stereocenters. The van der Waals surface area contributed by atoms with Gasteiger partial charge in [-0.05, 0) is 25.0 Å². The number of hydrogen-bond donors (Lipinski definition) is 2. The maximum atomic E-state index is 13.6. The highest BCUT2D eigenvalue weighted by Crippen LogP contribution is 2.34. The second-order valence-corrected chi connectivity index (χ2v) is 4.94. The van der Waals surface area contributed by atoms with E-state index in [1.165, 1.54) is 12.1 Å². The lowest BCUT2D eigenvalue weighted by atomic mass is 9.96. The van der Waals surface area contributed by atoms with Gasteiger partial charge in [0, 0.05) is 13.1 Å². The number of hydrazine groups is 1. The molecule has 1 unspecified atom stereocenters. The van der Waals surface area contributed by atoms with E-state index in [0.717, 1.165) is 11.0 Å². The van der Waals surface area contributed by atoms with E-state index in [4.69, 9.17) is 5.84 Å². The molecule has 0 radical (unpaired) electrons. The Kier molecular flexibility index (Phi) is 4.36. The van der Waals surface area contributed by atoms with E-state index < -0.39 is 30.4 Å². The molecule has 21 heavy (non-hydrogen) atoms. The highest BCUT2D eigenvalue weighted by atomic mass is 19.4. The molecular weight excluding hydrogens is 290 g/mol.